The predicted octanol–water partition coefficient (Wildman–Crippen LogP) is 4.27. The molecule has 7 heteroatoms. The average molecular weight is 425 g/mol. The molecule has 0 aliphatic rings. The number of aromatic amines is 1. The number of carbonyl (C=O) groups excluding carboxylic acids is 1. The van der Waals surface area contributed by atoms with Gasteiger partial charge in [0.1, 0.15) is 5.82 Å². The normalized spacial score (nSPS) is 11.2. The van der Waals surface area contributed by atoms with Crippen LogP contribution in [-0.4, -0.2) is 48.0 Å². The topological polar surface area (TPSA) is 68.4 Å². The number of anilines is 1. The molecule has 0 spiro atoms. The Labute approximate surface area is 181 Å². The largest absolute Gasteiger partial charge is 0.322 e. The molecule has 1 aromatic heterocycles. The van der Waals surface area contributed by atoms with E-state index in [1.807, 2.05) is 51.0 Å². The second-order valence-corrected chi connectivity index (χ2v) is 8.08. The number of hydrogen-bond donors (Lipinski definition) is 2. The number of amides is 2. The highest BCUT2D eigenvalue weighted by Crippen LogP contribution is 2.20. The van der Waals surface area contributed by atoms with Crippen molar-refractivity contribution in [1.82, 2.24) is 14.8 Å². The number of rotatable bonds is 7. The Morgan fingerprint density at radius 1 is 1.10 bits per heavy atom. The fraction of sp³-hybridized carbons (Fsp3) is 0.333. The zero-order valence-corrected chi connectivity index (χ0v) is 18.5. The van der Waals surface area contributed by atoms with Crippen LogP contribution in [0.4, 0.5) is 14.9 Å². The first kappa shape index (κ1) is 22.5. The standard InChI is InChI=1S/C24H29FN4O2/c1-16-10-11-18-14-19(23(30)27-22(18)17(16)2)15-29(13-7-12-28(3)4)24(31)26-21-9-6-5-8-20(21)25/h5-6,8-11,14H,7,12-13,15H2,1-4H3,(H,26,31)(H,27,30). The van der Waals surface area contributed by atoms with Gasteiger partial charge in [0, 0.05) is 12.1 Å². The van der Waals surface area contributed by atoms with Crippen LogP contribution in [0.5, 0.6) is 0 Å². The van der Waals surface area contributed by atoms with Crippen LogP contribution >= 0.6 is 0 Å². The number of halogens is 1. The molecule has 0 aliphatic carbocycles. The van der Waals surface area contributed by atoms with E-state index in [9.17, 15) is 14.0 Å². The minimum atomic E-state index is -0.501. The summed E-state index contributed by atoms with van der Waals surface area (Å²) in [6, 6.07) is 11.4. The molecule has 0 saturated heterocycles. The molecule has 0 aliphatic heterocycles. The third kappa shape index (κ3) is 5.49. The van der Waals surface area contributed by atoms with E-state index in [2.05, 4.69) is 10.3 Å². The number of carbonyl (C=O) groups is 1. The molecule has 2 N–H and O–H groups in total. The van der Waals surface area contributed by atoms with E-state index in [1.54, 1.807) is 17.0 Å². The summed E-state index contributed by atoms with van der Waals surface area (Å²) >= 11 is 0. The lowest BCUT2D eigenvalue weighted by Gasteiger charge is -2.24. The summed E-state index contributed by atoms with van der Waals surface area (Å²) in [6.45, 7) is 5.33. The number of nitrogens with one attached hydrogen (secondary N) is 2. The molecule has 0 bridgehead atoms. The maximum Gasteiger partial charge on any atom is 0.322 e. The number of H-pyrrole nitrogens is 1. The summed E-state index contributed by atoms with van der Waals surface area (Å²) in [7, 11) is 3.92. The van der Waals surface area contributed by atoms with Crippen LogP contribution in [0.25, 0.3) is 10.9 Å². The lowest BCUT2D eigenvalue weighted by molar-refractivity contribution is 0.205. The number of urea groups is 1. The Kier molecular flexibility index (Phi) is 7.07. The molecule has 2 amide bonds. The van der Waals surface area contributed by atoms with Crippen molar-refractivity contribution in [3.8, 4) is 0 Å². The molecule has 0 unspecified atom stereocenters. The van der Waals surface area contributed by atoms with Crippen molar-refractivity contribution < 1.29 is 9.18 Å². The molecule has 31 heavy (non-hydrogen) atoms. The van der Waals surface area contributed by atoms with Gasteiger partial charge in [-0.15, -0.1) is 0 Å². The van der Waals surface area contributed by atoms with E-state index >= 15 is 0 Å². The molecule has 0 atom stereocenters. The van der Waals surface area contributed by atoms with Crippen molar-refractivity contribution in [2.24, 2.45) is 0 Å². The van der Waals surface area contributed by atoms with Crippen LogP contribution in [0.1, 0.15) is 23.1 Å². The van der Waals surface area contributed by atoms with Crippen LogP contribution in [0.3, 0.4) is 0 Å². The molecule has 1 heterocycles. The molecule has 164 valence electrons. The molecule has 3 rings (SSSR count). The lowest BCUT2D eigenvalue weighted by atomic mass is 10.0. The van der Waals surface area contributed by atoms with Crippen molar-refractivity contribution in [2.75, 3.05) is 32.5 Å². The number of hydrogen-bond acceptors (Lipinski definition) is 3. The number of nitrogens with zero attached hydrogens (tertiary/aromatic N) is 2. The second-order valence-electron chi connectivity index (χ2n) is 8.08. The molecule has 0 radical (unpaired) electrons. The Balaban J connectivity index is 1.88. The number of pyridine rings is 1. The molecule has 0 fully saturated rings. The van der Waals surface area contributed by atoms with Crippen molar-refractivity contribution in [2.45, 2.75) is 26.8 Å². The van der Waals surface area contributed by atoms with E-state index in [1.165, 1.54) is 12.1 Å². The van der Waals surface area contributed by atoms with Gasteiger partial charge < -0.3 is 20.1 Å². The summed E-state index contributed by atoms with van der Waals surface area (Å²) in [4.78, 5) is 32.2. The summed E-state index contributed by atoms with van der Waals surface area (Å²) in [5.41, 5.74) is 3.32. The lowest BCUT2D eigenvalue weighted by Crippen LogP contribution is -2.38. The molecule has 3 aromatic rings. The zero-order valence-electron chi connectivity index (χ0n) is 18.5. The van der Waals surface area contributed by atoms with Gasteiger partial charge in [0.05, 0.1) is 17.7 Å². The van der Waals surface area contributed by atoms with Crippen LogP contribution < -0.4 is 10.9 Å². The number of para-hydroxylation sites is 1. The second kappa shape index (κ2) is 9.75. The van der Waals surface area contributed by atoms with E-state index in [0.29, 0.717) is 12.1 Å². The molecule has 2 aromatic carbocycles. The highest BCUT2D eigenvalue weighted by atomic mass is 19.1. The Hall–Kier alpha value is -3.19. The Morgan fingerprint density at radius 2 is 1.84 bits per heavy atom. The fourth-order valence-corrected chi connectivity index (χ4v) is 3.48. The first-order valence-corrected chi connectivity index (χ1v) is 10.3. The maximum absolute atomic E-state index is 14.0. The third-order valence-corrected chi connectivity index (χ3v) is 5.43. The van der Waals surface area contributed by atoms with E-state index in [-0.39, 0.29) is 17.8 Å². The highest BCUT2D eigenvalue weighted by molar-refractivity contribution is 5.89. The number of aryl methyl sites for hydroxylation is 2. The van der Waals surface area contributed by atoms with Crippen molar-refractivity contribution in [3.05, 3.63) is 75.3 Å². The highest BCUT2D eigenvalue weighted by Gasteiger charge is 2.18. The van der Waals surface area contributed by atoms with Crippen LogP contribution in [-0.2, 0) is 6.54 Å². The molecule has 6 nitrogen and oxygen atoms in total. The number of benzene rings is 2. The predicted molar refractivity (Wildman–Crippen MR) is 123 cm³/mol. The van der Waals surface area contributed by atoms with Gasteiger partial charge in [0.15, 0.2) is 0 Å². The fourth-order valence-electron chi connectivity index (χ4n) is 3.48. The van der Waals surface area contributed by atoms with Crippen molar-refractivity contribution in [3.63, 3.8) is 0 Å². The van der Waals surface area contributed by atoms with Crippen LogP contribution in [0.2, 0.25) is 0 Å². The molecule has 0 saturated carbocycles. The maximum atomic E-state index is 14.0. The minimum absolute atomic E-state index is 0.114. The monoisotopic (exact) mass is 424 g/mol. The summed E-state index contributed by atoms with van der Waals surface area (Å²) < 4.78 is 14.0. The summed E-state index contributed by atoms with van der Waals surface area (Å²) in [6.07, 6.45) is 0.724. The summed E-state index contributed by atoms with van der Waals surface area (Å²) in [5.74, 6) is -0.501. The smallest absolute Gasteiger partial charge is 0.321 e. The first-order chi connectivity index (χ1) is 14.8. The van der Waals surface area contributed by atoms with E-state index < -0.39 is 11.8 Å². The van der Waals surface area contributed by atoms with Gasteiger partial charge in [0.2, 0.25) is 0 Å². The Bertz CT molecular complexity index is 1140. The minimum Gasteiger partial charge on any atom is -0.321 e. The van der Waals surface area contributed by atoms with Gasteiger partial charge in [-0.25, -0.2) is 9.18 Å². The Morgan fingerprint density at radius 3 is 2.55 bits per heavy atom. The van der Waals surface area contributed by atoms with E-state index in [0.717, 1.165) is 35.0 Å². The van der Waals surface area contributed by atoms with Gasteiger partial charge in [0.25, 0.3) is 5.56 Å². The number of fused-ring (bicyclic) bond motifs is 1. The average Bonchev–Trinajstić information content (AvgIpc) is 2.72. The zero-order chi connectivity index (χ0) is 22.5. The third-order valence-electron chi connectivity index (χ3n) is 5.43. The van der Waals surface area contributed by atoms with Crippen molar-refractivity contribution in [1.29, 1.82) is 0 Å². The van der Waals surface area contributed by atoms with E-state index in [4.69, 9.17) is 0 Å². The van der Waals surface area contributed by atoms with Crippen LogP contribution in [0.15, 0.2) is 47.3 Å². The first-order valence-electron chi connectivity index (χ1n) is 10.3. The van der Waals surface area contributed by atoms with Crippen LogP contribution in [0, 0.1) is 19.7 Å². The quantitative estimate of drug-likeness (QED) is 0.595. The number of aromatic nitrogens is 1. The summed E-state index contributed by atoms with van der Waals surface area (Å²) in [5, 5.41) is 3.55. The molecular weight excluding hydrogens is 395 g/mol. The molecular formula is C24H29FN4O2. The van der Waals surface area contributed by atoms with Crippen molar-refractivity contribution >= 4 is 22.6 Å². The van der Waals surface area contributed by atoms with Gasteiger partial charge in [-0.2, -0.15) is 0 Å². The van der Waals surface area contributed by atoms with Gasteiger partial charge >= 0.3 is 6.03 Å². The van der Waals surface area contributed by atoms with Gasteiger partial charge in [-0.1, -0.05) is 24.3 Å². The van der Waals surface area contributed by atoms with Gasteiger partial charge in [-0.05, 0) is 75.6 Å². The SMILES string of the molecule is Cc1ccc2cc(CN(CCCN(C)C)C(=O)Nc3ccccc3F)c(=O)[nH]c2c1C. The van der Waals surface area contributed by atoms with Gasteiger partial charge in [-0.3, -0.25) is 4.79 Å².